The maximum atomic E-state index is 13.4. The van der Waals surface area contributed by atoms with Gasteiger partial charge >= 0.3 is 18.5 Å². The molecule has 0 radical (unpaired) electrons. The summed E-state index contributed by atoms with van der Waals surface area (Å²) in [5.41, 5.74) is -5.31. The van der Waals surface area contributed by atoms with E-state index >= 15 is 0 Å². The average Bonchev–Trinajstić information content (AvgIpc) is 2.36. The van der Waals surface area contributed by atoms with Crippen molar-refractivity contribution in [3.8, 4) is 0 Å². The molecule has 0 spiro atoms. The van der Waals surface area contributed by atoms with Gasteiger partial charge in [0.15, 0.2) is 0 Å². The van der Waals surface area contributed by atoms with Crippen molar-refractivity contribution < 1.29 is 43.9 Å². The van der Waals surface area contributed by atoms with E-state index in [2.05, 4.69) is 6.58 Å². The minimum Gasteiger partial charge on any atom is -0.224 e. The number of hydrogen-bond acceptors (Lipinski definition) is 0. The molecule has 0 saturated carbocycles. The summed E-state index contributed by atoms with van der Waals surface area (Å²) in [6, 6.07) is 0. The monoisotopic (exact) mass is 376 g/mol. The van der Waals surface area contributed by atoms with Crippen molar-refractivity contribution in [2.75, 3.05) is 0 Å². The fraction of sp³-hybridized carbons (Fsp3) is 0.857. The summed E-state index contributed by atoms with van der Waals surface area (Å²) in [7, 11) is 0. The van der Waals surface area contributed by atoms with Gasteiger partial charge in [-0.3, -0.25) is 0 Å². The van der Waals surface area contributed by atoms with E-state index in [0.29, 0.717) is 0 Å². The van der Waals surface area contributed by atoms with Crippen LogP contribution in [0, 0.1) is 5.92 Å². The van der Waals surface area contributed by atoms with Crippen molar-refractivity contribution in [3.63, 3.8) is 0 Å². The fourth-order valence-corrected chi connectivity index (χ4v) is 2.23. The van der Waals surface area contributed by atoms with Crippen LogP contribution in [0.3, 0.4) is 0 Å². The van der Waals surface area contributed by atoms with Crippen molar-refractivity contribution >= 4 is 0 Å². The van der Waals surface area contributed by atoms with Crippen molar-refractivity contribution in [1.29, 1.82) is 0 Å². The number of allylic oxidation sites excluding steroid dienone is 1. The van der Waals surface area contributed by atoms with Crippen molar-refractivity contribution in [1.82, 2.24) is 0 Å². The summed E-state index contributed by atoms with van der Waals surface area (Å²) in [4.78, 5) is 0. The van der Waals surface area contributed by atoms with Crippen molar-refractivity contribution in [2.24, 2.45) is 5.92 Å². The zero-order valence-electron chi connectivity index (χ0n) is 12.6. The van der Waals surface area contributed by atoms with Crippen LogP contribution in [-0.4, -0.2) is 24.2 Å². The maximum Gasteiger partial charge on any atom is 0.431 e. The topological polar surface area (TPSA) is 0 Å². The van der Waals surface area contributed by atoms with Gasteiger partial charge in [-0.1, -0.05) is 18.9 Å². The minimum atomic E-state index is -6.10. The fourth-order valence-electron chi connectivity index (χ4n) is 2.23. The molecule has 0 N–H and O–H groups in total. The molecule has 0 rings (SSSR count). The second kappa shape index (κ2) is 8.42. The molecule has 0 aromatic rings. The normalized spacial score (nSPS) is 15.4. The summed E-state index contributed by atoms with van der Waals surface area (Å²) >= 11 is 0. The van der Waals surface area contributed by atoms with Gasteiger partial charge in [0.25, 0.3) is 5.67 Å². The van der Waals surface area contributed by atoms with Gasteiger partial charge in [0.05, 0.1) is 0 Å². The molecule has 1 unspecified atom stereocenters. The summed E-state index contributed by atoms with van der Waals surface area (Å²) in [6.45, 7) is 3.34. The highest BCUT2D eigenvalue weighted by molar-refractivity contribution is 4.94. The predicted molar refractivity (Wildman–Crippen MR) is 68.0 cm³/mol. The van der Waals surface area contributed by atoms with Gasteiger partial charge in [0.1, 0.15) is 0 Å². The molecule has 0 aliphatic carbocycles. The van der Waals surface area contributed by atoms with Crippen LogP contribution in [0.5, 0.6) is 0 Å². The molecule has 0 aliphatic rings. The molecule has 0 nitrogen and oxygen atoms in total. The Morgan fingerprint density at radius 3 is 1.58 bits per heavy atom. The van der Waals surface area contributed by atoms with E-state index in [-0.39, 0.29) is 25.7 Å². The average molecular weight is 376 g/mol. The van der Waals surface area contributed by atoms with Gasteiger partial charge < -0.3 is 0 Å². The Morgan fingerprint density at radius 1 is 0.708 bits per heavy atom. The standard InChI is InChI=1S/C14H18F10/c1-2-5-10(7-9-12(16,17)18)6-3-4-8-11(15,13(19,20)21)14(22,23)24/h2,10H,1,3-9H2. The van der Waals surface area contributed by atoms with Crippen LogP contribution in [-0.2, 0) is 0 Å². The second-order valence-electron chi connectivity index (χ2n) is 5.59. The van der Waals surface area contributed by atoms with Crippen LogP contribution in [0.15, 0.2) is 12.7 Å². The first kappa shape index (κ1) is 23.0. The Bertz CT molecular complexity index is 362. The summed E-state index contributed by atoms with van der Waals surface area (Å²) in [5, 5.41) is 0. The number of halogens is 10. The first-order valence-electron chi connectivity index (χ1n) is 7.14. The molecule has 1 atom stereocenters. The first-order valence-corrected chi connectivity index (χ1v) is 7.14. The molecular weight excluding hydrogens is 358 g/mol. The van der Waals surface area contributed by atoms with E-state index in [1.165, 1.54) is 6.08 Å². The molecule has 0 amide bonds. The smallest absolute Gasteiger partial charge is 0.224 e. The lowest BCUT2D eigenvalue weighted by atomic mass is 9.90. The van der Waals surface area contributed by atoms with Crippen LogP contribution in [0.2, 0.25) is 0 Å². The summed E-state index contributed by atoms with van der Waals surface area (Å²) < 4.78 is 124. The molecule has 0 heterocycles. The molecule has 0 aliphatic heterocycles. The Hall–Kier alpha value is -0.960. The Morgan fingerprint density at radius 2 is 1.21 bits per heavy atom. The third-order valence-electron chi connectivity index (χ3n) is 3.62. The molecule has 0 aromatic carbocycles. The Labute approximate surface area is 132 Å². The zero-order valence-corrected chi connectivity index (χ0v) is 12.6. The van der Waals surface area contributed by atoms with Gasteiger partial charge in [-0.25, -0.2) is 4.39 Å². The van der Waals surface area contributed by atoms with E-state index in [1.807, 2.05) is 0 Å². The lowest BCUT2D eigenvalue weighted by Crippen LogP contribution is -2.53. The Balaban J connectivity index is 4.57. The van der Waals surface area contributed by atoms with Crippen molar-refractivity contribution in [3.05, 3.63) is 12.7 Å². The lowest BCUT2D eigenvalue weighted by Gasteiger charge is -2.30. The van der Waals surface area contributed by atoms with Gasteiger partial charge in [0.2, 0.25) is 0 Å². The van der Waals surface area contributed by atoms with Gasteiger partial charge in [-0.15, -0.1) is 6.58 Å². The number of rotatable bonds is 9. The molecule has 10 heteroatoms. The van der Waals surface area contributed by atoms with Crippen LogP contribution in [0.1, 0.15) is 44.9 Å². The molecule has 24 heavy (non-hydrogen) atoms. The van der Waals surface area contributed by atoms with E-state index in [0.717, 1.165) is 0 Å². The van der Waals surface area contributed by atoms with Crippen molar-refractivity contribution in [2.45, 2.75) is 69.1 Å². The highest BCUT2D eigenvalue weighted by Gasteiger charge is 2.71. The molecule has 0 bridgehead atoms. The maximum absolute atomic E-state index is 13.4. The molecule has 144 valence electrons. The third kappa shape index (κ3) is 7.29. The first-order chi connectivity index (χ1) is 10.6. The summed E-state index contributed by atoms with van der Waals surface area (Å²) in [5.74, 6) is -0.574. The van der Waals surface area contributed by atoms with Gasteiger partial charge in [-0.2, -0.15) is 39.5 Å². The third-order valence-corrected chi connectivity index (χ3v) is 3.62. The van der Waals surface area contributed by atoms with E-state index in [9.17, 15) is 43.9 Å². The largest absolute Gasteiger partial charge is 0.431 e. The molecule has 0 fully saturated rings. The van der Waals surface area contributed by atoms with Crippen LogP contribution in [0.25, 0.3) is 0 Å². The highest BCUT2D eigenvalue weighted by Crippen LogP contribution is 2.49. The summed E-state index contributed by atoms with van der Waals surface area (Å²) in [6.07, 6.45) is -19.4. The van der Waals surface area contributed by atoms with Crippen LogP contribution >= 0.6 is 0 Å². The van der Waals surface area contributed by atoms with E-state index in [1.54, 1.807) is 0 Å². The lowest BCUT2D eigenvalue weighted by molar-refractivity contribution is -0.343. The Kier molecular flexibility index (Phi) is 8.08. The number of alkyl halides is 10. The predicted octanol–water partition coefficient (Wildman–Crippen LogP) is 6.91. The molecular formula is C14H18F10. The SMILES string of the molecule is C=CCC(CCCCC(F)(C(F)(F)F)C(F)(F)F)CCC(F)(F)F. The van der Waals surface area contributed by atoms with Crippen LogP contribution in [0.4, 0.5) is 43.9 Å². The molecule has 0 saturated heterocycles. The molecule has 0 aromatic heterocycles. The van der Waals surface area contributed by atoms with E-state index < -0.39 is 49.4 Å². The minimum absolute atomic E-state index is 0.0338. The second-order valence-corrected chi connectivity index (χ2v) is 5.59. The zero-order chi connectivity index (χ0) is 19.2. The highest BCUT2D eigenvalue weighted by atomic mass is 19.4. The van der Waals surface area contributed by atoms with Gasteiger partial charge in [-0.05, 0) is 31.6 Å². The number of unbranched alkanes of at least 4 members (excludes halogenated alkanes) is 1. The van der Waals surface area contributed by atoms with E-state index in [4.69, 9.17) is 0 Å². The van der Waals surface area contributed by atoms with Crippen LogP contribution < -0.4 is 0 Å². The van der Waals surface area contributed by atoms with Gasteiger partial charge in [0, 0.05) is 6.42 Å². The number of hydrogen-bond donors (Lipinski definition) is 0. The quantitative estimate of drug-likeness (QED) is 0.233.